The van der Waals surface area contributed by atoms with E-state index in [1.807, 2.05) is 27.3 Å². The van der Waals surface area contributed by atoms with Crippen molar-refractivity contribution in [2.75, 3.05) is 18.1 Å². The number of rotatable bonds is 15. The average Bonchev–Trinajstić information content (AvgIpc) is 4.14. The van der Waals surface area contributed by atoms with E-state index in [9.17, 15) is 26.4 Å². The van der Waals surface area contributed by atoms with Crippen LogP contribution in [0.4, 0.5) is 0 Å². The van der Waals surface area contributed by atoms with Crippen molar-refractivity contribution < 1.29 is 73.5 Å². The number of amides is 1. The molecule has 0 bridgehead atoms. The number of halogens is 3. The molecular formula is C47H56BCl2IN12O9S2U. The van der Waals surface area contributed by atoms with Crippen LogP contribution in [0.5, 0.6) is 11.8 Å². The number of carbonyl (C=O) groups is 2. The number of hydrogen-bond donors (Lipinski definition) is 3. The molecule has 6 aromatic rings. The first-order valence-corrected chi connectivity index (χ1v) is 28.7. The number of carboxylic acid groups (broad SMARTS) is 1. The third-order valence-electron chi connectivity index (χ3n) is 15.5. The Balaban J connectivity index is 0.000000178. The minimum absolute atomic E-state index is 0. The molecular weight excluding hydrogens is 1390 g/mol. The minimum atomic E-state index is -4.11. The van der Waals surface area contributed by atoms with Crippen LogP contribution in [-0.4, -0.2) is 111 Å². The molecule has 0 unspecified atom stereocenters. The largest absolute Gasteiger partial charge is 0.478 e. The van der Waals surface area contributed by atoms with Gasteiger partial charge in [-0.25, -0.2) is 50.8 Å². The van der Waals surface area contributed by atoms with Gasteiger partial charge in [-0.1, -0.05) is 45.8 Å². The first-order valence-electron chi connectivity index (χ1n) is 24.7. The molecule has 12 rings (SSSR count). The van der Waals surface area contributed by atoms with Gasteiger partial charge in [0.2, 0.25) is 21.8 Å². The molecule has 4 spiro atoms. The van der Waals surface area contributed by atoms with Crippen molar-refractivity contribution in [1.82, 2.24) is 53.8 Å². The van der Waals surface area contributed by atoms with Crippen molar-refractivity contribution >= 4 is 86.1 Å². The maximum absolute atomic E-state index is 12.6. The summed E-state index contributed by atoms with van der Waals surface area (Å²) >= 11 is 14.1. The summed E-state index contributed by atoms with van der Waals surface area (Å²) in [6.45, 7) is 4.48. The average molecular weight is 1450 g/mol. The predicted molar refractivity (Wildman–Crippen MR) is 283 cm³/mol. The Morgan fingerprint density at radius 2 is 1.13 bits per heavy atom. The number of carboxylic acids is 1. The van der Waals surface area contributed by atoms with Crippen LogP contribution in [0.15, 0.2) is 71.0 Å². The molecule has 75 heavy (non-hydrogen) atoms. The normalized spacial score (nSPS) is 18.2. The summed E-state index contributed by atoms with van der Waals surface area (Å²) in [6.07, 6.45) is 19.6. The van der Waals surface area contributed by atoms with Crippen LogP contribution in [0.25, 0.3) is 11.6 Å². The molecule has 6 aromatic heterocycles. The molecule has 6 saturated carbocycles. The molecule has 0 atom stereocenters. The van der Waals surface area contributed by atoms with Crippen LogP contribution in [-0.2, 0) is 34.1 Å². The van der Waals surface area contributed by atoms with Gasteiger partial charge in [0.1, 0.15) is 20.1 Å². The van der Waals surface area contributed by atoms with Crippen LogP contribution < -0.4 is 19.3 Å². The number of nitrogens with one attached hydrogen (secondary N) is 1. The van der Waals surface area contributed by atoms with Gasteiger partial charge in [0.25, 0.3) is 15.9 Å². The predicted octanol–water partition coefficient (Wildman–Crippen LogP) is 6.40. The van der Waals surface area contributed by atoms with Crippen molar-refractivity contribution in [2.24, 2.45) is 52.7 Å². The van der Waals surface area contributed by atoms with Crippen LogP contribution in [0.2, 0.25) is 10.3 Å². The van der Waals surface area contributed by atoms with Gasteiger partial charge in [0.15, 0.2) is 11.6 Å². The minimum Gasteiger partial charge on any atom is -0.478 e. The summed E-state index contributed by atoms with van der Waals surface area (Å²) in [5.74, 6) is 1.59. The number of nitrogens with zero attached hydrogens (tertiary/aromatic N) is 10. The molecule has 28 heteroatoms. The number of aryl methyl sites for hydroxylation is 4. The number of alkyl halides is 1. The number of sulfonamides is 2. The van der Waals surface area contributed by atoms with Gasteiger partial charge < -0.3 is 14.6 Å². The molecule has 0 aromatic carbocycles. The van der Waals surface area contributed by atoms with E-state index in [4.69, 9.17) is 45.6 Å². The van der Waals surface area contributed by atoms with E-state index in [-0.39, 0.29) is 68.0 Å². The summed E-state index contributed by atoms with van der Waals surface area (Å²) < 4.78 is 77.7. The van der Waals surface area contributed by atoms with Gasteiger partial charge in [-0.3, -0.25) is 14.2 Å². The van der Waals surface area contributed by atoms with Crippen LogP contribution in [0.1, 0.15) is 97.7 Å². The molecule has 1 amide bonds. The molecule has 21 nitrogen and oxygen atoms in total. The Hall–Kier alpha value is -4.03. The quantitative estimate of drug-likeness (QED) is 0.0434. The topological polar surface area (TPSA) is 276 Å². The Morgan fingerprint density at radius 1 is 0.747 bits per heavy atom. The monoisotopic (exact) mass is 1440 g/mol. The van der Waals surface area contributed by atoms with Gasteiger partial charge in [-0.2, -0.15) is 10.2 Å². The number of hydrogen-bond acceptors (Lipinski definition) is 14. The summed E-state index contributed by atoms with van der Waals surface area (Å²) in [5, 5.41) is 30.3. The number of nitrogens with two attached hydrogens (primary N) is 1. The molecule has 4 N–H and O–H groups in total. The van der Waals surface area contributed by atoms with E-state index in [0.717, 1.165) is 24.7 Å². The number of aromatic carboxylic acids is 1. The summed E-state index contributed by atoms with van der Waals surface area (Å²) in [5.41, 5.74) is 3.36. The second kappa shape index (κ2) is 22.0. The molecule has 6 fully saturated rings. The molecule has 0 saturated heterocycles. The van der Waals surface area contributed by atoms with Crippen LogP contribution in [0.3, 0.4) is 0 Å². The number of ether oxygens (including phenoxy) is 2. The van der Waals surface area contributed by atoms with E-state index in [1.165, 1.54) is 101 Å². The zero-order valence-electron chi connectivity index (χ0n) is 43.4. The Bertz CT molecular complexity index is 3350. The first-order chi connectivity index (χ1) is 36.0. The standard InChI is InChI=1S/C23H25ClN6O4S.C18H18ClN3O3.C5H9N3O2S.CH3I.BH.U/c1-14-16(13-29(2)26-14)35(32,33)28-21(31)15-3-4-18(25-20(15)24)30-11-5-19(27-30)34-12-6-17-22(7-8-22)23(17)9-10-23;19-15-11(16(23)24)1-2-13(20-15)22-9-3-14(21-22)25-10-4-12-17(5-6-17)18(12)7-8-18;1-4-5(11(6,9)10)3-8(2)7-4;1-2;;/h3-5,11,13,17H,6-10,12H2,1-2H3,(H,28,31);1-3,9,12H,4-8,10H2,(H,23,24);3H,1-2H3,(H2,6,9,10);1H3;1H;/i;;;2*1D;. The van der Waals surface area contributed by atoms with Crippen molar-refractivity contribution in [2.45, 2.75) is 87.8 Å². The van der Waals surface area contributed by atoms with E-state index in [2.05, 4.69) is 38.7 Å². The van der Waals surface area contributed by atoms with Crippen LogP contribution in [0, 0.1) is 78.5 Å². The summed E-state index contributed by atoms with van der Waals surface area (Å²) in [7, 11) is -0.724. The van der Waals surface area contributed by atoms with Crippen molar-refractivity contribution in [3.8, 4) is 23.4 Å². The van der Waals surface area contributed by atoms with Gasteiger partial charge in [0.05, 0.1) is 35.7 Å². The Labute approximate surface area is 486 Å². The Morgan fingerprint density at radius 3 is 1.45 bits per heavy atom. The van der Waals surface area contributed by atoms with Crippen molar-refractivity contribution in [1.29, 1.82) is 1.34 Å². The van der Waals surface area contributed by atoms with Crippen molar-refractivity contribution in [3.05, 3.63) is 94.0 Å². The summed E-state index contributed by atoms with van der Waals surface area (Å²) in [4.78, 5) is 32.4. The number of aromatic nitrogens is 10. The van der Waals surface area contributed by atoms with E-state index >= 15 is 0 Å². The van der Waals surface area contributed by atoms with Gasteiger partial charge >= 0.3 is 5.97 Å². The van der Waals surface area contributed by atoms with Gasteiger partial charge in [-0.05, 0) is 142 Å². The molecule has 6 heterocycles. The third kappa shape index (κ3) is 11.6. The number of carbonyl (C=O) groups excluding carboxylic acids is 1. The fourth-order valence-electron chi connectivity index (χ4n) is 11.7. The number of pyridine rings is 2. The zero-order chi connectivity index (χ0) is 55.2. The second-order valence-electron chi connectivity index (χ2n) is 19.5. The first kappa shape index (κ1) is 55.7. The molecule has 0 aliphatic heterocycles. The van der Waals surface area contributed by atoms with Gasteiger partial charge in [-0.15, -0.1) is 10.2 Å². The number of primary sulfonamides is 1. The van der Waals surface area contributed by atoms with Crippen molar-refractivity contribution in [3.63, 3.8) is 0 Å². The summed E-state index contributed by atoms with van der Waals surface area (Å²) in [6, 6.07) is 9.48. The van der Waals surface area contributed by atoms with E-state index in [0.29, 0.717) is 68.9 Å². The second-order valence-corrected chi connectivity index (χ2v) is 23.4. The Kier molecular flexibility index (Phi) is 16.3. The van der Waals surface area contributed by atoms with E-state index in [1.54, 1.807) is 58.5 Å². The third-order valence-corrected chi connectivity index (χ3v) is 18.5. The molecule has 398 valence electrons. The molecule has 6 aliphatic carbocycles. The maximum atomic E-state index is 12.6. The fraction of sp³-hybridized carbons (Fsp3) is 0.489. The molecule has 2 radical (unpaired) electrons. The van der Waals surface area contributed by atoms with E-state index < -0.39 is 31.9 Å². The fourth-order valence-corrected chi connectivity index (χ4v) is 14.1. The molecule has 6 aliphatic rings. The van der Waals surface area contributed by atoms with Crippen LogP contribution >= 0.6 is 45.8 Å². The van der Waals surface area contributed by atoms with Gasteiger partial charge in [0, 0.05) is 91.9 Å². The maximum Gasteiger partial charge on any atom is 0.338 e. The number of fused-ring (bicyclic) bond motifs is 2. The SMILES string of the molecule is Cc1nn(C)cc1S(=O)(=O)NC(=O)c1ccc(-n2ccc(OCCC3C4(CC4)C34CC4)n2)nc1Cl.Cc1nn(C)cc1S(N)(=O)=O.O=C(O)c1ccc(-n2ccc(OCCC3C4(CC4)C34CC4)n2)nc1Cl.[2H]CI.[2H][B].[U]. The zero-order valence-corrected chi connectivity index (χ0v) is 50.9. The smallest absolute Gasteiger partial charge is 0.338 e.